The molecule has 0 radical (unpaired) electrons. The topological polar surface area (TPSA) is 202 Å². The zero-order chi connectivity index (χ0) is 30.3. The molecule has 0 aromatic carbocycles. The lowest BCUT2D eigenvalue weighted by Gasteiger charge is -2.64. The summed E-state index contributed by atoms with van der Waals surface area (Å²) in [7, 11) is -4.96. The summed E-state index contributed by atoms with van der Waals surface area (Å²) in [6.07, 6.45) is -8.72. The molecule has 0 bridgehead atoms. The second-order valence-electron chi connectivity index (χ2n) is 14.2. The molecule has 11 nitrogen and oxygen atoms in total. The predicted octanol–water partition coefficient (Wildman–Crippen LogP) is 0.546. The van der Waals surface area contributed by atoms with Crippen LogP contribution < -0.4 is 0 Å². The van der Waals surface area contributed by atoms with Crippen LogP contribution in [0, 0.1) is 58.2 Å². The maximum Gasteiger partial charge on any atom is 0.397 e. The number of carbonyl (C=O) groups is 1. The normalized spacial score (nSPS) is 48.6. The molecule has 0 aromatic rings. The first kappa shape index (κ1) is 32.2. The van der Waals surface area contributed by atoms with Crippen LogP contribution in [0.2, 0.25) is 0 Å². The number of fused-ring (bicyclic) bond motifs is 5. The van der Waals surface area contributed by atoms with Crippen LogP contribution in [0.25, 0.3) is 0 Å². The van der Waals surface area contributed by atoms with E-state index >= 15 is 0 Å². The third-order valence-corrected chi connectivity index (χ3v) is 12.5. The largest absolute Gasteiger partial charge is 0.397 e. The second-order valence-corrected chi connectivity index (χ2v) is 15.2. The van der Waals surface area contributed by atoms with Gasteiger partial charge in [-0.15, -0.1) is 0 Å². The van der Waals surface area contributed by atoms with Crippen molar-refractivity contribution >= 4 is 16.2 Å². The summed E-state index contributed by atoms with van der Waals surface area (Å²) >= 11 is 0. The van der Waals surface area contributed by atoms with Crippen LogP contribution in [0.1, 0.15) is 67.2 Å². The van der Waals surface area contributed by atoms with Gasteiger partial charge in [-0.3, -0.25) is 9.35 Å². The molecule has 12 heteroatoms. The molecule has 4 fully saturated rings. The van der Waals surface area contributed by atoms with Gasteiger partial charge in [0.15, 0.2) is 0 Å². The van der Waals surface area contributed by atoms with Gasteiger partial charge < -0.3 is 30.6 Å². The Bertz CT molecular complexity index is 1070. The molecular weight excluding hydrogens is 544 g/mol. The van der Waals surface area contributed by atoms with Crippen LogP contribution in [-0.4, -0.2) is 92.1 Å². The predicted molar refractivity (Wildman–Crippen MR) is 143 cm³/mol. The van der Waals surface area contributed by atoms with Gasteiger partial charge in [0, 0.05) is 24.2 Å². The molecule has 4 aliphatic carbocycles. The number of rotatable bonds is 7. The van der Waals surface area contributed by atoms with E-state index < -0.39 is 93.5 Å². The highest BCUT2D eigenvalue weighted by Gasteiger charge is 2.70. The Morgan fingerprint density at radius 1 is 0.900 bits per heavy atom. The molecule has 0 saturated heterocycles. The molecule has 0 heterocycles. The van der Waals surface area contributed by atoms with E-state index in [1.54, 1.807) is 6.92 Å². The van der Waals surface area contributed by atoms with Crippen LogP contribution >= 0.6 is 0 Å². The average molecular weight is 593 g/mol. The molecule has 0 aliphatic heterocycles. The summed E-state index contributed by atoms with van der Waals surface area (Å²) in [6, 6.07) is 0. The highest BCUT2D eigenvalue weighted by molar-refractivity contribution is 7.80. The molecule has 4 rings (SSSR count). The fourth-order valence-corrected chi connectivity index (χ4v) is 9.99. The molecule has 0 spiro atoms. The SMILES string of the molecule is CC(C)[C@H](C)[C@@H](O)[C@H](O)[C@@H](C)[C@H]1CC(=O)[C@H]2C3C(CC[C@]12C)[C@@]1(C)C[C@H](OS(=O)(=O)O)[C@@H](O)[C@@H](O)C1[C@@H](O)[C@@H]3O. The smallest absolute Gasteiger partial charge is 0.390 e. The van der Waals surface area contributed by atoms with Gasteiger partial charge in [0.25, 0.3) is 0 Å². The lowest BCUT2D eigenvalue weighted by Crippen LogP contribution is -2.70. The second kappa shape index (κ2) is 10.8. The van der Waals surface area contributed by atoms with Crippen molar-refractivity contribution in [3.05, 3.63) is 0 Å². The molecular formula is C28H48O11S. The lowest BCUT2D eigenvalue weighted by molar-refractivity contribution is -0.264. The molecule has 4 aliphatic rings. The molecule has 3 unspecified atom stereocenters. The maximum atomic E-state index is 13.7. The molecule has 7 N–H and O–H groups in total. The summed E-state index contributed by atoms with van der Waals surface area (Å²) < 4.78 is 37.0. The van der Waals surface area contributed by atoms with Crippen LogP contribution in [0.15, 0.2) is 0 Å². The molecule has 4 saturated carbocycles. The van der Waals surface area contributed by atoms with Gasteiger partial charge in [0.05, 0.1) is 30.5 Å². The maximum absolute atomic E-state index is 13.7. The number of aliphatic hydroxyl groups excluding tert-OH is 6. The van der Waals surface area contributed by atoms with Crippen molar-refractivity contribution in [1.82, 2.24) is 0 Å². The van der Waals surface area contributed by atoms with Gasteiger partial charge in [-0.1, -0.05) is 41.5 Å². The van der Waals surface area contributed by atoms with Crippen LogP contribution in [0.3, 0.4) is 0 Å². The van der Waals surface area contributed by atoms with Gasteiger partial charge in [-0.25, -0.2) is 4.18 Å². The quantitative estimate of drug-likeness (QED) is 0.203. The number of hydrogen-bond donors (Lipinski definition) is 7. The van der Waals surface area contributed by atoms with E-state index in [-0.39, 0.29) is 36.4 Å². The monoisotopic (exact) mass is 592 g/mol. The van der Waals surface area contributed by atoms with Crippen molar-refractivity contribution in [2.24, 2.45) is 58.2 Å². The number of carbonyl (C=O) groups excluding carboxylic acids is 1. The van der Waals surface area contributed by atoms with E-state index in [0.717, 1.165) is 0 Å². The van der Waals surface area contributed by atoms with Crippen molar-refractivity contribution in [2.45, 2.75) is 110 Å². The number of aliphatic hydroxyl groups is 6. The summed E-state index contributed by atoms with van der Waals surface area (Å²) in [5, 5.41) is 66.4. The van der Waals surface area contributed by atoms with Gasteiger partial charge in [-0.2, -0.15) is 8.42 Å². The Morgan fingerprint density at radius 2 is 1.48 bits per heavy atom. The van der Waals surface area contributed by atoms with Crippen molar-refractivity contribution in [1.29, 1.82) is 0 Å². The van der Waals surface area contributed by atoms with Crippen LogP contribution in [0.5, 0.6) is 0 Å². The molecule has 0 aromatic heterocycles. The van der Waals surface area contributed by atoms with Crippen LogP contribution in [-0.2, 0) is 19.4 Å². The van der Waals surface area contributed by atoms with Crippen molar-refractivity contribution in [3.8, 4) is 0 Å². The fraction of sp³-hybridized carbons (Fsp3) is 0.964. The van der Waals surface area contributed by atoms with Crippen molar-refractivity contribution in [3.63, 3.8) is 0 Å². The molecule has 0 amide bonds. The number of Topliss-reactive ketones (excluding diaryl/α,β-unsaturated/α-hetero) is 1. The zero-order valence-electron chi connectivity index (χ0n) is 24.2. The summed E-state index contributed by atoms with van der Waals surface area (Å²) in [5.74, 6) is -3.65. The van der Waals surface area contributed by atoms with E-state index in [0.29, 0.717) is 12.8 Å². The fourth-order valence-electron chi connectivity index (χ4n) is 9.50. The highest BCUT2D eigenvalue weighted by atomic mass is 32.3. The van der Waals surface area contributed by atoms with Gasteiger partial charge >= 0.3 is 10.4 Å². The van der Waals surface area contributed by atoms with E-state index in [4.69, 9.17) is 4.18 Å². The molecule has 40 heavy (non-hydrogen) atoms. The number of hydrogen-bond acceptors (Lipinski definition) is 10. The van der Waals surface area contributed by atoms with E-state index in [1.165, 1.54) is 0 Å². The summed E-state index contributed by atoms with van der Waals surface area (Å²) in [4.78, 5) is 13.7. The van der Waals surface area contributed by atoms with Gasteiger partial charge in [-0.05, 0) is 59.7 Å². The minimum Gasteiger partial charge on any atom is -0.390 e. The van der Waals surface area contributed by atoms with Crippen molar-refractivity contribution in [2.75, 3.05) is 0 Å². The Hall–Kier alpha value is -0.700. The first-order valence-electron chi connectivity index (χ1n) is 14.5. The third kappa shape index (κ3) is 4.98. The standard InChI is InChI=1S/C28H48O11S/c1-11(2)12(3)21(30)22(31)13(4)15-9-16(29)19-18-14(7-8-27(15,19)5)28(6)10-17(39-40(36,37)38)23(32)25(34)20(28)26(35)24(18)33/h11-15,17-26,30-35H,7-10H2,1-6H3,(H,36,37,38)/t12-,13-,14?,15+,17-,18?,19-,20?,21+,22+,23+,24+,25-,26+,27+,28+/m0/s1. The average Bonchev–Trinajstić information content (AvgIpc) is 3.12. The molecule has 232 valence electrons. The third-order valence-electron chi connectivity index (χ3n) is 12.0. The Balaban J connectivity index is 1.68. The molecule has 16 atom stereocenters. The minimum atomic E-state index is -4.96. The van der Waals surface area contributed by atoms with Crippen molar-refractivity contribution < 1.29 is 52.6 Å². The minimum absolute atomic E-state index is 0.0944. The van der Waals surface area contributed by atoms with E-state index in [1.807, 2.05) is 34.6 Å². The van der Waals surface area contributed by atoms with E-state index in [9.17, 15) is 48.4 Å². The summed E-state index contributed by atoms with van der Waals surface area (Å²) in [6.45, 7) is 11.4. The zero-order valence-corrected chi connectivity index (χ0v) is 25.0. The summed E-state index contributed by atoms with van der Waals surface area (Å²) in [5.41, 5.74) is -1.68. The van der Waals surface area contributed by atoms with Gasteiger partial charge in [0.1, 0.15) is 18.0 Å². The highest BCUT2D eigenvalue weighted by Crippen LogP contribution is 2.67. The first-order valence-corrected chi connectivity index (χ1v) is 15.9. The Labute approximate surface area is 236 Å². The Morgan fingerprint density at radius 3 is 2.02 bits per heavy atom. The van der Waals surface area contributed by atoms with E-state index in [2.05, 4.69) is 0 Å². The Kier molecular flexibility index (Phi) is 8.68. The van der Waals surface area contributed by atoms with Gasteiger partial charge in [0.2, 0.25) is 0 Å². The lowest BCUT2D eigenvalue weighted by atomic mass is 9.42. The number of ketones is 1. The van der Waals surface area contributed by atoms with Crippen LogP contribution in [0.4, 0.5) is 0 Å². The first-order chi connectivity index (χ1) is 18.3.